The number of urea groups is 1. The van der Waals surface area contributed by atoms with Gasteiger partial charge in [0.2, 0.25) is 0 Å². The molecule has 3 unspecified atom stereocenters. The Labute approximate surface area is 226 Å². The van der Waals surface area contributed by atoms with Gasteiger partial charge in [0.05, 0.1) is 16.3 Å². The third-order valence-corrected chi connectivity index (χ3v) is 9.08. The van der Waals surface area contributed by atoms with Crippen molar-refractivity contribution in [2.24, 2.45) is 5.92 Å². The highest BCUT2D eigenvalue weighted by atomic mass is 32.2. The van der Waals surface area contributed by atoms with Crippen molar-refractivity contribution in [1.82, 2.24) is 20.9 Å². The summed E-state index contributed by atoms with van der Waals surface area (Å²) in [5, 5.41) is 18.9. The molecule has 3 atom stereocenters. The second-order valence-electron chi connectivity index (χ2n) is 10.1. The SMILES string of the molecule is Cc1cc(Oc2ccccc2)ccc1N1C(=O)NC2=C(C(=O)NC3CCN(C#N)CC3)SC3NCCC1C23. The van der Waals surface area contributed by atoms with Gasteiger partial charge in [-0.05, 0) is 68.6 Å². The Morgan fingerprint density at radius 2 is 1.92 bits per heavy atom. The van der Waals surface area contributed by atoms with E-state index in [0.717, 1.165) is 54.3 Å². The topological polar surface area (TPSA) is 110 Å². The molecule has 4 aliphatic heterocycles. The molecule has 2 aromatic rings. The normalized spacial score (nSPS) is 24.9. The van der Waals surface area contributed by atoms with E-state index >= 15 is 0 Å². The Hall–Kier alpha value is -3.68. The lowest BCUT2D eigenvalue weighted by molar-refractivity contribution is -0.117. The van der Waals surface area contributed by atoms with Gasteiger partial charge in [0.1, 0.15) is 11.5 Å². The van der Waals surface area contributed by atoms with Crippen LogP contribution in [0, 0.1) is 24.3 Å². The average Bonchev–Trinajstić information content (AvgIpc) is 3.30. The summed E-state index contributed by atoms with van der Waals surface area (Å²) in [4.78, 5) is 31.1. The number of ether oxygens (including phenoxy) is 1. The Morgan fingerprint density at radius 1 is 1.13 bits per heavy atom. The molecule has 0 aromatic heterocycles. The molecule has 0 saturated carbocycles. The molecule has 0 radical (unpaired) electrons. The van der Waals surface area contributed by atoms with Gasteiger partial charge in [-0.2, -0.15) is 5.26 Å². The van der Waals surface area contributed by atoms with Crippen LogP contribution in [0.5, 0.6) is 11.5 Å². The summed E-state index contributed by atoms with van der Waals surface area (Å²) in [6, 6.07) is 15.2. The number of carbonyl (C=O) groups excluding carboxylic acids is 2. The summed E-state index contributed by atoms with van der Waals surface area (Å²) in [5.41, 5.74) is 2.52. The molecule has 196 valence electrons. The zero-order valence-corrected chi connectivity index (χ0v) is 22.0. The highest BCUT2D eigenvalue weighted by Gasteiger charge is 2.52. The van der Waals surface area contributed by atoms with Crippen LogP contribution < -0.4 is 25.6 Å². The van der Waals surface area contributed by atoms with Gasteiger partial charge < -0.3 is 25.6 Å². The van der Waals surface area contributed by atoms with Crippen LogP contribution in [0.1, 0.15) is 24.8 Å². The van der Waals surface area contributed by atoms with Crippen LogP contribution in [0.3, 0.4) is 0 Å². The minimum Gasteiger partial charge on any atom is -0.457 e. The quantitative estimate of drug-likeness (QED) is 0.507. The van der Waals surface area contributed by atoms with Crippen molar-refractivity contribution in [3.05, 3.63) is 64.7 Å². The Kier molecular flexibility index (Phi) is 6.64. The van der Waals surface area contributed by atoms with Gasteiger partial charge in [0.25, 0.3) is 5.91 Å². The molecule has 6 rings (SSSR count). The fraction of sp³-hybridized carbons (Fsp3) is 0.393. The molecule has 2 aromatic carbocycles. The van der Waals surface area contributed by atoms with Crippen LogP contribution in [-0.2, 0) is 4.79 Å². The number of hydrogen-bond acceptors (Lipinski definition) is 7. The third kappa shape index (κ3) is 4.57. The van der Waals surface area contributed by atoms with Crippen LogP contribution >= 0.6 is 11.8 Å². The second-order valence-corrected chi connectivity index (χ2v) is 11.3. The number of nitrogens with zero attached hydrogens (tertiary/aromatic N) is 3. The lowest BCUT2D eigenvalue weighted by Gasteiger charge is -2.46. The van der Waals surface area contributed by atoms with E-state index in [9.17, 15) is 9.59 Å². The minimum atomic E-state index is -0.211. The molecule has 0 aliphatic carbocycles. The Morgan fingerprint density at radius 3 is 2.66 bits per heavy atom. The highest BCUT2D eigenvalue weighted by molar-refractivity contribution is 8.04. The summed E-state index contributed by atoms with van der Waals surface area (Å²) < 4.78 is 5.99. The molecule has 10 heteroatoms. The van der Waals surface area contributed by atoms with Gasteiger partial charge >= 0.3 is 6.03 Å². The van der Waals surface area contributed by atoms with Crippen LogP contribution in [0.25, 0.3) is 0 Å². The maximum Gasteiger partial charge on any atom is 0.326 e. The maximum absolute atomic E-state index is 13.5. The van der Waals surface area contributed by atoms with Gasteiger partial charge in [0.15, 0.2) is 6.19 Å². The van der Waals surface area contributed by atoms with E-state index in [-0.39, 0.29) is 35.3 Å². The van der Waals surface area contributed by atoms with E-state index in [2.05, 4.69) is 22.1 Å². The molecule has 9 nitrogen and oxygen atoms in total. The lowest BCUT2D eigenvalue weighted by atomic mass is 9.86. The molecule has 3 amide bonds. The predicted molar refractivity (Wildman–Crippen MR) is 145 cm³/mol. The number of anilines is 1. The molecule has 3 saturated heterocycles. The molecule has 4 aliphatic rings. The number of aryl methyl sites for hydroxylation is 1. The first-order valence-electron chi connectivity index (χ1n) is 13.1. The van der Waals surface area contributed by atoms with Crippen molar-refractivity contribution in [3.8, 4) is 17.7 Å². The van der Waals surface area contributed by atoms with Crippen molar-refractivity contribution in [2.75, 3.05) is 24.5 Å². The fourth-order valence-corrected chi connectivity index (χ4v) is 7.26. The van der Waals surface area contributed by atoms with Gasteiger partial charge in [-0.1, -0.05) is 30.0 Å². The van der Waals surface area contributed by atoms with Crippen molar-refractivity contribution >= 4 is 29.4 Å². The standard InChI is InChI=1S/C28H30N6O3S/c1-17-15-20(37-19-5-3-2-4-6-19)7-8-21(17)34-22-9-12-30-27-23(22)24(32-28(34)36)25(38-27)26(35)31-18-10-13-33(16-29)14-11-18/h2-8,15,18,22-23,27,30H,9-14H2,1H3,(H,31,35)(H,32,36). The zero-order valence-electron chi connectivity index (χ0n) is 21.1. The van der Waals surface area contributed by atoms with Crippen molar-refractivity contribution in [1.29, 1.82) is 5.26 Å². The predicted octanol–water partition coefficient (Wildman–Crippen LogP) is 3.64. The summed E-state index contributed by atoms with van der Waals surface area (Å²) >= 11 is 1.51. The zero-order chi connectivity index (χ0) is 26.2. The van der Waals surface area contributed by atoms with Crippen LogP contribution in [0.2, 0.25) is 0 Å². The largest absolute Gasteiger partial charge is 0.457 e. The number of likely N-dealkylation sites (tertiary alicyclic amines) is 1. The number of thioether (sulfide) groups is 1. The number of piperidine rings is 2. The van der Waals surface area contributed by atoms with Crippen LogP contribution in [0.4, 0.5) is 10.5 Å². The van der Waals surface area contributed by atoms with Gasteiger partial charge in [0, 0.05) is 36.4 Å². The number of nitriles is 1. The Balaban J connectivity index is 1.22. The average molecular weight is 531 g/mol. The fourth-order valence-electron chi connectivity index (χ4n) is 5.86. The number of rotatable bonds is 5. The number of carbonyl (C=O) groups is 2. The first kappa shape index (κ1) is 24.6. The first-order chi connectivity index (χ1) is 18.5. The van der Waals surface area contributed by atoms with E-state index in [1.54, 1.807) is 4.90 Å². The summed E-state index contributed by atoms with van der Waals surface area (Å²) in [6.07, 6.45) is 4.45. The molecule has 3 fully saturated rings. The molecule has 0 spiro atoms. The van der Waals surface area contributed by atoms with Crippen LogP contribution in [0.15, 0.2) is 59.1 Å². The number of amides is 3. The minimum absolute atomic E-state index is 0.00715. The molecule has 38 heavy (non-hydrogen) atoms. The van der Waals surface area contributed by atoms with Crippen molar-refractivity contribution in [2.45, 2.75) is 43.6 Å². The van der Waals surface area contributed by atoms with E-state index in [1.807, 2.05) is 60.4 Å². The summed E-state index contributed by atoms with van der Waals surface area (Å²) in [7, 11) is 0. The van der Waals surface area contributed by atoms with Crippen molar-refractivity contribution < 1.29 is 14.3 Å². The number of hydrogen-bond donors (Lipinski definition) is 3. The van der Waals surface area contributed by atoms with Gasteiger partial charge in [-0.15, -0.1) is 0 Å². The van der Waals surface area contributed by atoms with Crippen molar-refractivity contribution in [3.63, 3.8) is 0 Å². The maximum atomic E-state index is 13.5. The highest BCUT2D eigenvalue weighted by Crippen LogP contribution is 2.48. The second kappa shape index (κ2) is 10.2. The molecule has 3 N–H and O–H groups in total. The lowest BCUT2D eigenvalue weighted by Crippen LogP contribution is -2.62. The third-order valence-electron chi connectivity index (χ3n) is 7.73. The molecular formula is C28H30N6O3S. The monoisotopic (exact) mass is 530 g/mol. The van der Waals surface area contributed by atoms with E-state index in [0.29, 0.717) is 18.0 Å². The van der Waals surface area contributed by atoms with Gasteiger partial charge in [-0.3, -0.25) is 9.69 Å². The number of nitrogens with one attached hydrogen (secondary N) is 3. The van der Waals surface area contributed by atoms with Gasteiger partial charge in [-0.25, -0.2) is 4.79 Å². The summed E-state index contributed by atoms with van der Waals surface area (Å²) in [6.45, 7) is 4.06. The van der Waals surface area contributed by atoms with E-state index < -0.39 is 0 Å². The smallest absolute Gasteiger partial charge is 0.326 e. The Bertz CT molecular complexity index is 1320. The number of benzene rings is 2. The molecular weight excluding hydrogens is 500 g/mol. The van der Waals surface area contributed by atoms with E-state index in [1.165, 1.54) is 11.8 Å². The molecule has 4 heterocycles. The first-order valence-corrected chi connectivity index (χ1v) is 13.9. The van der Waals surface area contributed by atoms with Crippen LogP contribution in [-0.4, -0.2) is 53.9 Å². The summed E-state index contributed by atoms with van der Waals surface area (Å²) in [5.74, 6) is 1.33. The van der Waals surface area contributed by atoms with E-state index in [4.69, 9.17) is 10.00 Å². The molecule has 0 bridgehead atoms. The number of para-hydroxylation sites is 1.